The van der Waals surface area contributed by atoms with Gasteiger partial charge in [0, 0.05) is 6.54 Å². The Morgan fingerprint density at radius 3 is 2.16 bits per heavy atom. The van der Waals surface area contributed by atoms with Crippen molar-refractivity contribution in [2.45, 2.75) is 62.9 Å². The summed E-state index contributed by atoms with van der Waals surface area (Å²) in [4.78, 5) is 71.7. The van der Waals surface area contributed by atoms with Crippen LogP contribution < -0.4 is 22.1 Å². The Morgan fingerprint density at radius 2 is 1.68 bits per heavy atom. The highest BCUT2D eigenvalue weighted by Gasteiger charge is 2.40. The number of nitrogens with two attached hydrogens (primary N) is 2. The van der Waals surface area contributed by atoms with Gasteiger partial charge in [0.1, 0.15) is 18.1 Å². The van der Waals surface area contributed by atoms with Crippen molar-refractivity contribution in [1.82, 2.24) is 15.5 Å². The minimum absolute atomic E-state index is 0.111. The van der Waals surface area contributed by atoms with Gasteiger partial charge in [0.05, 0.1) is 25.0 Å². The molecule has 9 N–H and O–H groups in total. The molecule has 0 aromatic heterocycles. The molecule has 0 aromatic rings. The summed E-state index contributed by atoms with van der Waals surface area (Å²) in [7, 11) is 0. The molecule has 0 saturated carbocycles. The van der Waals surface area contributed by atoms with Crippen molar-refractivity contribution in [3.8, 4) is 0 Å². The molecule has 0 bridgehead atoms. The predicted molar refractivity (Wildman–Crippen MR) is 102 cm³/mol. The Hall–Kier alpha value is -3.26. The fraction of sp³-hybridized carbons (Fsp3) is 0.647. The molecule has 14 nitrogen and oxygen atoms in total. The number of nitrogens with one attached hydrogen (secondary N) is 2. The van der Waals surface area contributed by atoms with Crippen LogP contribution in [0.15, 0.2) is 0 Å². The maximum Gasteiger partial charge on any atom is 0.326 e. The Bertz CT molecular complexity index is 742. The normalized spacial score (nSPS) is 19.6. The summed E-state index contributed by atoms with van der Waals surface area (Å²) in [5.41, 5.74) is 10.5. The molecule has 1 fully saturated rings. The molecule has 1 saturated heterocycles. The van der Waals surface area contributed by atoms with E-state index in [9.17, 15) is 39.0 Å². The second-order valence-corrected chi connectivity index (χ2v) is 7.19. The summed E-state index contributed by atoms with van der Waals surface area (Å²) in [6, 6.07) is -5.79. The van der Waals surface area contributed by atoms with Crippen LogP contribution in [0, 0.1) is 0 Å². The van der Waals surface area contributed by atoms with Crippen LogP contribution in [0.4, 0.5) is 0 Å². The van der Waals surface area contributed by atoms with E-state index < -0.39 is 78.7 Å². The van der Waals surface area contributed by atoms with Gasteiger partial charge in [0.25, 0.3) is 0 Å². The average molecular weight is 445 g/mol. The van der Waals surface area contributed by atoms with Gasteiger partial charge in [0.2, 0.25) is 23.6 Å². The number of likely N-dealkylation sites (tertiary alicyclic amines) is 1. The standard InChI is InChI=1S/C17H27N5O9/c1-7(23)13(16(29)22-4-2-3-10(22)17(30)31)21-15(28)9(6-11(19)24)20-14(27)8(18)5-12(25)26/h7-10,13,23H,2-6,18H2,1H3,(H2,19,24)(H,20,27)(H,21,28)(H,25,26)(H,30,31). The zero-order valence-corrected chi connectivity index (χ0v) is 16.8. The number of nitrogens with zero attached hydrogens (tertiary/aromatic N) is 1. The topological polar surface area (TPSA) is 242 Å². The summed E-state index contributed by atoms with van der Waals surface area (Å²) in [5, 5.41) is 32.2. The lowest BCUT2D eigenvalue weighted by atomic mass is 10.1. The Kier molecular flexibility index (Phi) is 9.33. The number of hydrogen-bond acceptors (Lipinski definition) is 8. The van der Waals surface area contributed by atoms with E-state index in [4.69, 9.17) is 16.6 Å². The highest BCUT2D eigenvalue weighted by atomic mass is 16.4. The molecule has 1 heterocycles. The Morgan fingerprint density at radius 1 is 1.06 bits per heavy atom. The highest BCUT2D eigenvalue weighted by molar-refractivity contribution is 5.97. The number of hydrogen-bond donors (Lipinski definition) is 7. The molecule has 5 unspecified atom stereocenters. The van der Waals surface area contributed by atoms with Crippen molar-refractivity contribution in [2.24, 2.45) is 11.5 Å². The van der Waals surface area contributed by atoms with Crippen molar-refractivity contribution in [3.63, 3.8) is 0 Å². The first-order valence-electron chi connectivity index (χ1n) is 9.42. The summed E-state index contributed by atoms with van der Waals surface area (Å²) in [5.74, 6) is -6.54. The van der Waals surface area contributed by atoms with Crippen LogP contribution in [0.25, 0.3) is 0 Å². The summed E-state index contributed by atoms with van der Waals surface area (Å²) >= 11 is 0. The smallest absolute Gasteiger partial charge is 0.326 e. The number of aliphatic hydroxyl groups is 1. The number of carbonyl (C=O) groups is 6. The fourth-order valence-corrected chi connectivity index (χ4v) is 3.08. The van der Waals surface area contributed by atoms with Gasteiger partial charge in [-0.2, -0.15) is 0 Å². The van der Waals surface area contributed by atoms with E-state index in [0.29, 0.717) is 6.42 Å². The number of carboxylic acid groups (broad SMARTS) is 2. The molecule has 5 atom stereocenters. The minimum atomic E-state index is -1.60. The minimum Gasteiger partial charge on any atom is -0.481 e. The predicted octanol–water partition coefficient (Wildman–Crippen LogP) is -3.91. The Balaban J connectivity index is 2.97. The van der Waals surface area contributed by atoms with Crippen LogP contribution in [0.3, 0.4) is 0 Å². The van der Waals surface area contributed by atoms with Crippen molar-refractivity contribution >= 4 is 35.6 Å². The van der Waals surface area contributed by atoms with Crippen molar-refractivity contribution < 1.29 is 44.1 Å². The third-order valence-electron chi connectivity index (χ3n) is 4.64. The maximum absolute atomic E-state index is 12.8. The summed E-state index contributed by atoms with van der Waals surface area (Å²) < 4.78 is 0. The zero-order chi connectivity index (χ0) is 23.9. The molecule has 174 valence electrons. The second kappa shape index (κ2) is 11.2. The SMILES string of the molecule is CC(O)C(NC(=O)C(CC(N)=O)NC(=O)C(N)CC(=O)O)C(=O)N1CCCC1C(=O)O. The largest absolute Gasteiger partial charge is 0.481 e. The lowest BCUT2D eigenvalue weighted by Gasteiger charge is -2.30. The molecule has 1 aliphatic rings. The van der Waals surface area contributed by atoms with Gasteiger partial charge >= 0.3 is 11.9 Å². The number of primary amides is 1. The van der Waals surface area contributed by atoms with Crippen LogP contribution in [-0.4, -0.2) is 92.6 Å². The molecule has 1 rings (SSSR count). The van der Waals surface area contributed by atoms with Gasteiger partial charge in [-0.25, -0.2) is 4.79 Å². The molecule has 1 aliphatic heterocycles. The monoisotopic (exact) mass is 445 g/mol. The fourth-order valence-electron chi connectivity index (χ4n) is 3.08. The van der Waals surface area contributed by atoms with Crippen LogP contribution in [-0.2, 0) is 28.8 Å². The lowest BCUT2D eigenvalue weighted by molar-refractivity contribution is -0.151. The van der Waals surface area contributed by atoms with Crippen molar-refractivity contribution in [1.29, 1.82) is 0 Å². The number of aliphatic hydroxyl groups excluding tert-OH is 1. The van der Waals surface area contributed by atoms with E-state index in [1.807, 2.05) is 0 Å². The number of amides is 4. The Labute approximate surface area is 176 Å². The number of rotatable bonds is 11. The van der Waals surface area contributed by atoms with E-state index in [0.717, 1.165) is 4.90 Å². The van der Waals surface area contributed by atoms with E-state index in [-0.39, 0.29) is 13.0 Å². The van der Waals surface area contributed by atoms with E-state index in [2.05, 4.69) is 10.6 Å². The molecular formula is C17H27N5O9. The van der Waals surface area contributed by atoms with Gasteiger partial charge in [-0.1, -0.05) is 0 Å². The third kappa shape index (κ3) is 7.49. The molecule has 14 heteroatoms. The summed E-state index contributed by atoms with van der Waals surface area (Å²) in [6.45, 7) is 1.31. The number of aliphatic carboxylic acids is 2. The molecule has 4 amide bonds. The van der Waals surface area contributed by atoms with Gasteiger partial charge in [0.15, 0.2) is 0 Å². The first kappa shape index (κ1) is 25.8. The number of carbonyl (C=O) groups excluding carboxylic acids is 4. The third-order valence-corrected chi connectivity index (χ3v) is 4.64. The van der Waals surface area contributed by atoms with Crippen LogP contribution in [0.5, 0.6) is 0 Å². The van der Waals surface area contributed by atoms with Gasteiger partial charge in [-0.05, 0) is 19.8 Å². The molecule has 0 aliphatic carbocycles. The molecule has 0 radical (unpaired) electrons. The van der Waals surface area contributed by atoms with Gasteiger partial charge in [-0.15, -0.1) is 0 Å². The quantitative estimate of drug-likeness (QED) is 0.163. The zero-order valence-electron chi connectivity index (χ0n) is 16.8. The molecule has 31 heavy (non-hydrogen) atoms. The van der Waals surface area contributed by atoms with Gasteiger partial charge < -0.3 is 42.3 Å². The molecule has 0 spiro atoms. The first-order chi connectivity index (χ1) is 14.3. The average Bonchev–Trinajstić information content (AvgIpc) is 3.13. The highest BCUT2D eigenvalue weighted by Crippen LogP contribution is 2.19. The number of carboxylic acids is 2. The first-order valence-corrected chi connectivity index (χ1v) is 9.42. The molecule has 0 aromatic carbocycles. The van der Waals surface area contributed by atoms with E-state index in [1.165, 1.54) is 6.92 Å². The van der Waals surface area contributed by atoms with Crippen LogP contribution in [0.2, 0.25) is 0 Å². The van der Waals surface area contributed by atoms with Crippen molar-refractivity contribution in [2.75, 3.05) is 6.54 Å². The summed E-state index contributed by atoms with van der Waals surface area (Å²) in [6.07, 6.45) is -2.24. The van der Waals surface area contributed by atoms with E-state index in [1.54, 1.807) is 0 Å². The maximum atomic E-state index is 12.8. The molecular weight excluding hydrogens is 418 g/mol. The second-order valence-electron chi connectivity index (χ2n) is 7.19. The van der Waals surface area contributed by atoms with Gasteiger partial charge in [-0.3, -0.25) is 24.0 Å². The van der Waals surface area contributed by atoms with Crippen molar-refractivity contribution in [3.05, 3.63) is 0 Å². The van der Waals surface area contributed by atoms with E-state index >= 15 is 0 Å². The lowest BCUT2D eigenvalue weighted by Crippen LogP contribution is -2.60. The van der Waals surface area contributed by atoms with Crippen LogP contribution in [0.1, 0.15) is 32.6 Å². The van der Waals surface area contributed by atoms with Crippen LogP contribution >= 0.6 is 0 Å².